The van der Waals surface area contributed by atoms with Gasteiger partial charge in [0.15, 0.2) is 0 Å². The Kier molecular flexibility index (Phi) is 10.1. The Labute approximate surface area is 291 Å². The van der Waals surface area contributed by atoms with Gasteiger partial charge in [0.1, 0.15) is 5.75 Å². The summed E-state index contributed by atoms with van der Waals surface area (Å²) in [6.07, 6.45) is 11.2. The second-order valence-electron chi connectivity index (χ2n) is 14.6. The van der Waals surface area contributed by atoms with E-state index in [4.69, 9.17) is 25.8 Å². The van der Waals surface area contributed by atoms with Gasteiger partial charge < -0.3 is 19.1 Å². The van der Waals surface area contributed by atoms with Gasteiger partial charge in [-0.2, -0.15) is 0 Å². The van der Waals surface area contributed by atoms with Gasteiger partial charge in [-0.05, 0) is 111 Å². The number of hydrogen-bond acceptors (Lipinski definition) is 7. The number of rotatable bonds is 4. The first-order chi connectivity index (χ1) is 23.2. The van der Waals surface area contributed by atoms with Crippen LogP contribution < -0.4 is 14.4 Å². The number of carbonyl (C=O) groups excluding carboxylic acids is 1. The van der Waals surface area contributed by atoms with Crippen molar-refractivity contribution in [2.75, 3.05) is 64.1 Å². The predicted molar refractivity (Wildman–Crippen MR) is 194 cm³/mol. The summed E-state index contributed by atoms with van der Waals surface area (Å²) in [6, 6.07) is 12.0. The molecule has 0 aromatic heterocycles. The first kappa shape index (κ1) is 33.9. The maximum absolute atomic E-state index is 13.7. The highest BCUT2D eigenvalue weighted by molar-refractivity contribution is 7.99. The Balaban J connectivity index is 1.22. The van der Waals surface area contributed by atoms with Crippen LogP contribution in [0.2, 0.25) is 5.02 Å². The van der Waals surface area contributed by atoms with Crippen molar-refractivity contribution < 1.29 is 23.2 Å². The van der Waals surface area contributed by atoms with Crippen LogP contribution in [0.1, 0.15) is 66.9 Å². The van der Waals surface area contributed by atoms with Crippen LogP contribution in [0, 0.1) is 11.8 Å². The monoisotopic (exact) mass is 695 g/mol. The maximum atomic E-state index is 13.7. The Bertz CT molecular complexity index is 1630. The normalized spacial score (nSPS) is 33.4. The van der Waals surface area contributed by atoms with Crippen LogP contribution in [-0.2, 0) is 31.0 Å². The van der Waals surface area contributed by atoms with E-state index >= 15 is 0 Å². The van der Waals surface area contributed by atoms with Crippen molar-refractivity contribution in [1.82, 2.24) is 9.62 Å². The minimum atomic E-state index is -2.87. The molecular formula is C38H50ClN3O5S. The fourth-order valence-electron chi connectivity index (χ4n) is 8.32. The molecule has 1 N–H and O–H groups in total. The minimum Gasteiger partial charge on any atom is -0.490 e. The number of anilines is 1. The number of fused-ring (bicyclic) bond motifs is 4. The summed E-state index contributed by atoms with van der Waals surface area (Å²) in [7, 11) is -2.87. The van der Waals surface area contributed by atoms with Gasteiger partial charge in [-0.15, -0.1) is 0 Å². The molecule has 1 saturated heterocycles. The molecule has 10 heteroatoms. The summed E-state index contributed by atoms with van der Waals surface area (Å²) < 4.78 is 35.4. The molecule has 3 heterocycles. The van der Waals surface area contributed by atoms with E-state index in [2.05, 4.69) is 44.7 Å². The second kappa shape index (κ2) is 14.4. The number of nitrogens with one attached hydrogen (secondary N) is 1. The fraction of sp³-hybridized carbons (Fsp3) is 0.579. The zero-order valence-corrected chi connectivity index (χ0v) is 29.7. The number of halogens is 1. The van der Waals surface area contributed by atoms with Gasteiger partial charge in [0, 0.05) is 54.0 Å². The summed E-state index contributed by atoms with van der Waals surface area (Å²) >= 11 is 6.47. The summed E-state index contributed by atoms with van der Waals surface area (Å²) in [4.78, 5) is 18.5. The number of aryl methyl sites for hydroxylation is 1. The van der Waals surface area contributed by atoms with Crippen LogP contribution in [0.5, 0.6) is 5.75 Å². The highest BCUT2D eigenvalue weighted by Crippen LogP contribution is 2.47. The fourth-order valence-corrected chi connectivity index (χ4v) is 9.67. The largest absolute Gasteiger partial charge is 0.490 e. The summed E-state index contributed by atoms with van der Waals surface area (Å²) in [5.41, 5.74) is 3.81. The number of morpholine rings is 1. The molecule has 6 atom stereocenters. The van der Waals surface area contributed by atoms with Gasteiger partial charge in [0.05, 0.1) is 47.9 Å². The van der Waals surface area contributed by atoms with Gasteiger partial charge in [-0.25, -0.2) is 4.21 Å². The molecule has 0 radical (unpaired) electrons. The van der Waals surface area contributed by atoms with Crippen molar-refractivity contribution in [3.05, 3.63) is 70.3 Å². The van der Waals surface area contributed by atoms with Crippen molar-refractivity contribution in [2.24, 2.45) is 11.8 Å². The van der Waals surface area contributed by atoms with E-state index in [1.165, 1.54) is 11.1 Å². The number of benzene rings is 2. The van der Waals surface area contributed by atoms with Gasteiger partial charge in [-0.1, -0.05) is 29.8 Å². The van der Waals surface area contributed by atoms with E-state index < -0.39 is 9.71 Å². The van der Waals surface area contributed by atoms with E-state index in [0.717, 1.165) is 101 Å². The number of hydrogen-bond donors (Lipinski definition) is 1. The molecule has 2 aliphatic carbocycles. The van der Waals surface area contributed by atoms with Crippen molar-refractivity contribution in [3.63, 3.8) is 0 Å². The lowest BCUT2D eigenvalue weighted by Gasteiger charge is -2.46. The Morgan fingerprint density at radius 3 is 2.81 bits per heavy atom. The first-order valence-electron chi connectivity index (χ1n) is 17.8. The summed E-state index contributed by atoms with van der Waals surface area (Å²) in [5.74, 6) is 5.22. The molecule has 1 amide bonds. The topological polar surface area (TPSA) is 80.3 Å². The van der Waals surface area contributed by atoms with E-state index in [9.17, 15) is 9.00 Å². The van der Waals surface area contributed by atoms with Crippen molar-refractivity contribution >= 4 is 38.8 Å². The lowest BCUT2D eigenvalue weighted by molar-refractivity contribution is -0.0314. The molecule has 1 spiro atoms. The predicted octanol–water partition coefficient (Wildman–Crippen LogP) is 5.66. The summed E-state index contributed by atoms with van der Waals surface area (Å²) in [5, 5.41) is 0.488. The molecule has 1 saturated carbocycles. The van der Waals surface area contributed by atoms with Crippen LogP contribution >= 0.6 is 11.6 Å². The number of nitrogens with zero attached hydrogens (tertiary/aromatic N) is 2. The average Bonchev–Trinajstić information content (AvgIpc) is 3.21. The van der Waals surface area contributed by atoms with E-state index in [1.54, 1.807) is 6.07 Å². The van der Waals surface area contributed by atoms with Crippen LogP contribution in [0.4, 0.5) is 5.69 Å². The lowest BCUT2D eigenvalue weighted by Crippen LogP contribution is -2.50. The first-order valence-corrected chi connectivity index (χ1v) is 19.9. The standard InChI is InChI=1S/C38H50ClN3O5S/c1-27-6-3-4-8-35(46-21-18-41-16-19-45-20-17-41)32-12-9-30(32)24-42-25-38(15-5-7-28-22-31(39)11-13-33(28)38)26-47-36-14-10-29(23-34(36)42)37(43)40-48(27,2)44/h4,8,10-11,13-14,22-23,27,30,32,35H,2-3,5-7,9,12,15-21,24-26H2,1H3,(H,40,43,44)/b8-4+/t27-,30+,32-,35+,38+,48?/m1/s1. The van der Waals surface area contributed by atoms with Gasteiger partial charge >= 0.3 is 0 Å². The molecule has 8 nitrogen and oxygen atoms in total. The molecule has 5 aliphatic rings. The molecule has 260 valence electrons. The number of allylic oxidation sites excluding steroid dienone is 1. The Hall–Kier alpha value is -2.56. The third-order valence-electron chi connectivity index (χ3n) is 11.5. The Morgan fingerprint density at radius 2 is 2.00 bits per heavy atom. The van der Waals surface area contributed by atoms with Crippen LogP contribution in [-0.4, -0.2) is 91.4 Å². The van der Waals surface area contributed by atoms with Crippen molar-refractivity contribution in [1.29, 1.82) is 0 Å². The number of carbonyl (C=O) groups is 1. The van der Waals surface area contributed by atoms with E-state index in [0.29, 0.717) is 37.0 Å². The molecule has 2 bridgehead atoms. The molecule has 3 aliphatic heterocycles. The molecule has 2 fully saturated rings. The van der Waals surface area contributed by atoms with Crippen molar-refractivity contribution in [3.8, 4) is 5.75 Å². The van der Waals surface area contributed by atoms with Gasteiger partial charge in [-0.3, -0.25) is 14.4 Å². The van der Waals surface area contributed by atoms with Gasteiger partial charge in [0.25, 0.3) is 5.91 Å². The molecule has 1 unspecified atom stereocenters. The second-order valence-corrected chi connectivity index (χ2v) is 17.4. The highest BCUT2D eigenvalue weighted by atomic mass is 35.5. The van der Waals surface area contributed by atoms with Gasteiger partial charge in [0.2, 0.25) is 0 Å². The molecule has 2 aromatic carbocycles. The SMILES string of the molecule is C=S1(=O)NC(=O)c2ccc3c(c2)N(C[C@@H]2CC[C@H]2[C@@H](OCCN2CCOCC2)/C=C/CC[C@H]1C)C[C@@]1(CCCc2cc(Cl)ccc21)CO3. The Morgan fingerprint density at radius 1 is 1.15 bits per heavy atom. The molecule has 2 aromatic rings. The zero-order chi connectivity index (χ0) is 33.3. The van der Waals surface area contributed by atoms with Crippen LogP contribution in [0.15, 0.2) is 48.6 Å². The molecule has 7 rings (SSSR count). The third kappa shape index (κ3) is 7.17. The zero-order valence-electron chi connectivity index (χ0n) is 28.2. The highest BCUT2D eigenvalue weighted by Gasteiger charge is 2.44. The minimum absolute atomic E-state index is 0.0114. The third-order valence-corrected chi connectivity index (χ3v) is 13.8. The maximum Gasteiger partial charge on any atom is 0.262 e. The van der Waals surface area contributed by atoms with E-state index in [1.807, 2.05) is 25.1 Å². The summed E-state index contributed by atoms with van der Waals surface area (Å²) in [6.45, 7) is 9.14. The molecular weight excluding hydrogens is 646 g/mol. The van der Waals surface area contributed by atoms with Crippen LogP contribution in [0.25, 0.3) is 0 Å². The lowest BCUT2D eigenvalue weighted by atomic mass is 9.68. The average molecular weight is 696 g/mol. The smallest absolute Gasteiger partial charge is 0.262 e. The quantitative estimate of drug-likeness (QED) is 0.327. The van der Waals surface area contributed by atoms with Crippen LogP contribution in [0.3, 0.4) is 0 Å². The van der Waals surface area contributed by atoms with Crippen molar-refractivity contribution in [2.45, 2.75) is 68.6 Å². The number of amides is 1. The number of ether oxygens (including phenoxy) is 3. The molecule has 48 heavy (non-hydrogen) atoms. The van der Waals surface area contributed by atoms with E-state index in [-0.39, 0.29) is 22.7 Å².